The van der Waals surface area contributed by atoms with Gasteiger partial charge in [0.1, 0.15) is 0 Å². The van der Waals surface area contributed by atoms with Gasteiger partial charge in [-0.05, 0) is 31.2 Å². The number of carbonyl (C=O) groups is 1. The van der Waals surface area contributed by atoms with Gasteiger partial charge in [0.2, 0.25) is 5.91 Å². The van der Waals surface area contributed by atoms with E-state index in [0.29, 0.717) is 0 Å². The zero-order valence-electron chi connectivity index (χ0n) is 11.5. The summed E-state index contributed by atoms with van der Waals surface area (Å²) in [4.78, 5) is 13.3. The van der Waals surface area contributed by atoms with Crippen LogP contribution in [-0.2, 0) is 11.2 Å². The third-order valence-corrected chi connectivity index (χ3v) is 4.67. The highest BCUT2D eigenvalue weighted by molar-refractivity contribution is 7.09. The molecule has 0 aromatic carbocycles. The molecule has 0 bridgehead atoms. The second-order valence-electron chi connectivity index (χ2n) is 5.71. The zero-order chi connectivity index (χ0) is 13.7. The van der Waals surface area contributed by atoms with Crippen LogP contribution in [0.15, 0.2) is 17.5 Å². The van der Waals surface area contributed by atoms with Crippen molar-refractivity contribution in [1.29, 1.82) is 0 Å². The van der Waals surface area contributed by atoms with Crippen molar-refractivity contribution < 1.29 is 9.90 Å². The lowest BCUT2D eigenvalue weighted by Crippen LogP contribution is -2.41. The van der Waals surface area contributed by atoms with E-state index < -0.39 is 5.60 Å². The molecular formula is C15H23NO2S. The van der Waals surface area contributed by atoms with Gasteiger partial charge in [0.15, 0.2) is 0 Å². The standard InChI is InChI=1S/C15H23NO2S/c1-12(10-13-6-5-9-19-13)16-14(17)11-15(18)7-3-2-4-8-15/h5-6,9,12,18H,2-4,7-8,10-11H2,1H3,(H,16,17). The van der Waals surface area contributed by atoms with Crippen LogP contribution in [0.25, 0.3) is 0 Å². The Labute approximate surface area is 119 Å². The summed E-state index contributed by atoms with van der Waals surface area (Å²) in [6.07, 6.45) is 5.89. The SMILES string of the molecule is CC(Cc1cccs1)NC(=O)CC1(O)CCCCC1. The Morgan fingerprint density at radius 2 is 2.21 bits per heavy atom. The Balaban J connectivity index is 1.77. The van der Waals surface area contributed by atoms with E-state index >= 15 is 0 Å². The van der Waals surface area contributed by atoms with E-state index in [0.717, 1.165) is 32.1 Å². The average Bonchev–Trinajstić information content (AvgIpc) is 2.81. The highest BCUT2D eigenvalue weighted by atomic mass is 32.1. The molecule has 1 aliphatic carbocycles. The molecule has 1 aromatic rings. The van der Waals surface area contributed by atoms with Crippen molar-refractivity contribution in [1.82, 2.24) is 5.32 Å². The Morgan fingerprint density at radius 3 is 2.84 bits per heavy atom. The number of nitrogens with one attached hydrogen (secondary N) is 1. The van der Waals surface area contributed by atoms with Crippen molar-refractivity contribution in [2.75, 3.05) is 0 Å². The van der Waals surface area contributed by atoms with Crippen molar-refractivity contribution >= 4 is 17.2 Å². The Hall–Kier alpha value is -0.870. The van der Waals surface area contributed by atoms with Gasteiger partial charge in [-0.25, -0.2) is 0 Å². The molecule has 106 valence electrons. The van der Waals surface area contributed by atoms with Gasteiger partial charge < -0.3 is 10.4 Å². The molecule has 1 amide bonds. The quantitative estimate of drug-likeness (QED) is 0.872. The minimum Gasteiger partial charge on any atom is -0.389 e. The van der Waals surface area contributed by atoms with Crippen LogP contribution in [0.3, 0.4) is 0 Å². The zero-order valence-corrected chi connectivity index (χ0v) is 12.3. The smallest absolute Gasteiger partial charge is 0.223 e. The molecule has 1 aliphatic rings. The maximum atomic E-state index is 12.0. The molecule has 1 unspecified atom stereocenters. The van der Waals surface area contributed by atoms with Gasteiger partial charge in [-0.15, -0.1) is 11.3 Å². The van der Waals surface area contributed by atoms with Crippen molar-refractivity contribution in [3.05, 3.63) is 22.4 Å². The number of amides is 1. The molecule has 2 rings (SSSR count). The molecule has 0 saturated heterocycles. The van der Waals surface area contributed by atoms with Gasteiger partial charge >= 0.3 is 0 Å². The van der Waals surface area contributed by atoms with Gasteiger partial charge in [-0.1, -0.05) is 25.3 Å². The summed E-state index contributed by atoms with van der Waals surface area (Å²) in [7, 11) is 0. The first-order chi connectivity index (χ1) is 9.07. The topological polar surface area (TPSA) is 49.3 Å². The van der Waals surface area contributed by atoms with Crippen LogP contribution in [0.4, 0.5) is 0 Å². The van der Waals surface area contributed by atoms with Gasteiger partial charge in [0.25, 0.3) is 0 Å². The first-order valence-electron chi connectivity index (χ1n) is 7.11. The Kier molecular flexibility index (Phi) is 4.99. The third-order valence-electron chi connectivity index (χ3n) is 3.77. The molecule has 19 heavy (non-hydrogen) atoms. The van der Waals surface area contributed by atoms with Crippen LogP contribution in [0.5, 0.6) is 0 Å². The maximum absolute atomic E-state index is 12.0. The number of thiophene rings is 1. The predicted octanol–water partition coefficient (Wildman–Crippen LogP) is 2.88. The van der Waals surface area contributed by atoms with Crippen LogP contribution >= 0.6 is 11.3 Å². The average molecular weight is 281 g/mol. The number of aliphatic hydroxyl groups is 1. The van der Waals surface area contributed by atoms with Crippen molar-refractivity contribution in [2.24, 2.45) is 0 Å². The van der Waals surface area contributed by atoms with Crippen LogP contribution in [-0.4, -0.2) is 22.7 Å². The molecule has 1 saturated carbocycles. The van der Waals surface area contributed by atoms with Crippen molar-refractivity contribution in [2.45, 2.75) is 63.5 Å². The lowest BCUT2D eigenvalue weighted by Gasteiger charge is -2.31. The molecule has 1 fully saturated rings. The van der Waals surface area contributed by atoms with Gasteiger partial charge in [-0.2, -0.15) is 0 Å². The molecule has 0 spiro atoms. The fourth-order valence-corrected chi connectivity index (χ4v) is 3.63. The second kappa shape index (κ2) is 6.53. The Bertz CT molecular complexity index is 396. The number of rotatable bonds is 5. The van der Waals surface area contributed by atoms with Crippen LogP contribution in [0, 0.1) is 0 Å². The monoisotopic (exact) mass is 281 g/mol. The minimum atomic E-state index is -0.759. The van der Waals surface area contributed by atoms with E-state index in [9.17, 15) is 9.90 Å². The molecular weight excluding hydrogens is 258 g/mol. The van der Waals surface area contributed by atoms with E-state index in [1.165, 1.54) is 11.3 Å². The van der Waals surface area contributed by atoms with Crippen molar-refractivity contribution in [3.63, 3.8) is 0 Å². The summed E-state index contributed by atoms with van der Waals surface area (Å²) in [6.45, 7) is 2.02. The van der Waals surface area contributed by atoms with E-state index in [-0.39, 0.29) is 18.4 Å². The van der Waals surface area contributed by atoms with Crippen LogP contribution in [0.2, 0.25) is 0 Å². The molecule has 1 aromatic heterocycles. The first kappa shape index (κ1) is 14.5. The van der Waals surface area contributed by atoms with E-state index in [4.69, 9.17) is 0 Å². The van der Waals surface area contributed by atoms with Gasteiger partial charge in [-0.3, -0.25) is 4.79 Å². The summed E-state index contributed by atoms with van der Waals surface area (Å²) >= 11 is 1.71. The predicted molar refractivity (Wildman–Crippen MR) is 78.3 cm³/mol. The van der Waals surface area contributed by atoms with Crippen LogP contribution in [0.1, 0.15) is 50.3 Å². The summed E-state index contributed by atoms with van der Waals surface area (Å²) in [5.41, 5.74) is -0.759. The lowest BCUT2D eigenvalue weighted by molar-refractivity contribution is -0.128. The number of hydrogen-bond donors (Lipinski definition) is 2. The Morgan fingerprint density at radius 1 is 1.47 bits per heavy atom. The second-order valence-corrected chi connectivity index (χ2v) is 6.75. The molecule has 4 heteroatoms. The van der Waals surface area contributed by atoms with Crippen LogP contribution < -0.4 is 5.32 Å². The maximum Gasteiger partial charge on any atom is 0.223 e. The highest BCUT2D eigenvalue weighted by Crippen LogP contribution is 2.30. The number of hydrogen-bond acceptors (Lipinski definition) is 3. The fourth-order valence-electron chi connectivity index (χ4n) is 2.79. The lowest BCUT2D eigenvalue weighted by atomic mass is 9.82. The fraction of sp³-hybridized carbons (Fsp3) is 0.667. The summed E-state index contributed by atoms with van der Waals surface area (Å²) in [5, 5.41) is 15.4. The molecule has 2 N–H and O–H groups in total. The summed E-state index contributed by atoms with van der Waals surface area (Å²) < 4.78 is 0. The largest absolute Gasteiger partial charge is 0.389 e. The summed E-state index contributed by atoms with van der Waals surface area (Å²) in [5.74, 6) is -0.0199. The molecule has 0 aliphatic heterocycles. The molecule has 1 atom stereocenters. The first-order valence-corrected chi connectivity index (χ1v) is 7.99. The van der Waals surface area contributed by atoms with Gasteiger partial charge in [0.05, 0.1) is 12.0 Å². The molecule has 0 radical (unpaired) electrons. The molecule has 1 heterocycles. The minimum absolute atomic E-state index is 0.0199. The van der Waals surface area contributed by atoms with E-state index in [2.05, 4.69) is 16.8 Å². The normalized spacial score (nSPS) is 19.9. The van der Waals surface area contributed by atoms with Crippen molar-refractivity contribution in [3.8, 4) is 0 Å². The highest BCUT2D eigenvalue weighted by Gasteiger charge is 2.31. The van der Waals surface area contributed by atoms with E-state index in [1.807, 2.05) is 13.0 Å². The van der Waals surface area contributed by atoms with Gasteiger partial charge in [0, 0.05) is 17.3 Å². The summed E-state index contributed by atoms with van der Waals surface area (Å²) in [6, 6.07) is 4.24. The number of carbonyl (C=O) groups excluding carboxylic acids is 1. The van der Waals surface area contributed by atoms with E-state index in [1.54, 1.807) is 11.3 Å². The molecule has 3 nitrogen and oxygen atoms in total. The third kappa shape index (κ3) is 4.62.